The van der Waals surface area contributed by atoms with Crippen LogP contribution in [0.25, 0.3) is 22.3 Å². The summed E-state index contributed by atoms with van der Waals surface area (Å²) in [5.74, 6) is -4.23. The summed E-state index contributed by atoms with van der Waals surface area (Å²) in [4.78, 5) is 140. The number of nitrogen functional groups attached to an aromatic ring is 1. The van der Waals surface area contributed by atoms with Crippen LogP contribution in [0.1, 0.15) is 58.1 Å². The number of amides is 9. The first-order valence-corrected chi connectivity index (χ1v) is 33.3. The van der Waals surface area contributed by atoms with Gasteiger partial charge in [-0.2, -0.15) is 0 Å². The minimum atomic E-state index is -4.33. The molecule has 91 heavy (non-hydrogen) atoms. The zero-order valence-electron chi connectivity index (χ0n) is 48.8. The molecule has 2 unspecified atom stereocenters. The van der Waals surface area contributed by atoms with Crippen LogP contribution in [-0.2, 0) is 84.0 Å². The number of nitrogens with two attached hydrogens (primary N) is 2. The number of primary amides is 1. The maximum Gasteiger partial charge on any atom is 0.412 e. The van der Waals surface area contributed by atoms with Gasteiger partial charge in [0.2, 0.25) is 17.7 Å². The Morgan fingerprint density at radius 1 is 0.868 bits per heavy atom. The van der Waals surface area contributed by atoms with Gasteiger partial charge < -0.3 is 66.0 Å². The van der Waals surface area contributed by atoms with Crippen LogP contribution in [0.15, 0.2) is 61.7 Å². The number of benzene rings is 1. The number of nitrogens with zero attached hydrogens (tertiary/aromatic N) is 10. The molecule has 1 aromatic carbocycles. The van der Waals surface area contributed by atoms with E-state index in [9.17, 15) is 47.8 Å². The van der Waals surface area contributed by atoms with E-state index in [1.165, 1.54) is 41.0 Å². The second-order valence-corrected chi connectivity index (χ2v) is 27.0. The Morgan fingerprint density at radius 2 is 1.52 bits per heavy atom. The quantitative estimate of drug-likeness (QED) is 0.0220. The zero-order valence-corrected chi connectivity index (χ0v) is 52.3. The number of hydrogen-bond acceptors (Lipinski definition) is 25. The van der Waals surface area contributed by atoms with Crippen LogP contribution in [0.5, 0.6) is 0 Å². The Bertz CT molecular complexity index is 3690. The molecule has 3 saturated heterocycles. The van der Waals surface area contributed by atoms with Crippen molar-refractivity contribution in [1.29, 1.82) is 0 Å². The van der Waals surface area contributed by atoms with Crippen molar-refractivity contribution < 1.29 is 89.2 Å². The lowest BCUT2D eigenvalue weighted by Crippen LogP contribution is -2.54. The lowest BCUT2D eigenvalue weighted by Gasteiger charge is -2.29. The van der Waals surface area contributed by atoms with Crippen molar-refractivity contribution >= 4 is 125 Å². The Kier molecular flexibility index (Phi) is 21.6. The highest BCUT2D eigenvalue weighted by Crippen LogP contribution is 2.59. The molecule has 10 N–H and O–H groups in total. The highest BCUT2D eigenvalue weighted by atomic mass is 32.7. The summed E-state index contributed by atoms with van der Waals surface area (Å²) >= 11 is 9.55. The molecule has 4 aromatic heterocycles. The second kappa shape index (κ2) is 29.2. The molecule has 5 aromatic rings. The molecule has 12 atom stereocenters. The minimum Gasteiger partial charge on any atom is -0.447 e. The number of urea groups is 1. The van der Waals surface area contributed by atoms with Crippen LogP contribution in [-0.4, -0.2) is 191 Å². The number of ether oxygens (including phenoxy) is 4. The van der Waals surface area contributed by atoms with Crippen molar-refractivity contribution in [1.82, 2.24) is 64.8 Å². The lowest BCUT2D eigenvalue weighted by atomic mass is 10.0. The molecule has 9 rings (SSSR count). The highest BCUT2D eigenvalue weighted by molar-refractivity contribution is 8.44. The molecular weight excluding hydrogens is 1280 g/mol. The summed E-state index contributed by atoms with van der Waals surface area (Å²) in [5, 5.41) is 12.9. The average Bonchev–Trinajstić information content (AvgIpc) is 1.63. The fourth-order valence-corrected chi connectivity index (χ4v) is 12.9. The smallest absolute Gasteiger partial charge is 0.412 e. The molecule has 35 nitrogen and oxygen atoms in total. The first-order chi connectivity index (χ1) is 43.3. The Balaban J connectivity index is 0.738. The van der Waals surface area contributed by atoms with Crippen molar-refractivity contribution in [2.45, 2.75) is 102 Å². The number of aromatic nitrogens is 8. The van der Waals surface area contributed by atoms with E-state index in [-0.39, 0.29) is 86.1 Å². The van der Waals surface area contributed by atoms with Crippen molar-refractivity contribution in [3.63, 3.8) is 0 Å². The Morgan fingerprint density at radius 3 is 2.22 bits per heavy atom. The summed E-state index contributed by atoms with van der Waals surface area (Å²) in [6.45, 7) is -5.43. The van der Waals surface area contributed by atoms with Crippen molar-refractivity contribution in [3.8, 4) is 0 Å². The van der Waals surface area contributed by atoms with E-state index >= 15 is 4.39 Å². The van der Waals surface area contributed by atoms with Crippen molar-refractivity contribution in [2.75, 3.05) is 62.9 Å². The number of anilines is 3. The molecule has 0 spiro atoms. The number of carbonyl (C=O) groups excluding carboxylic acids is 8. The number of halogens is 1. The van der Waals surface area contributed by atoms with Gasteiger partial charge in [0.25, 0.3) is 11.8 Å². The SMILES string of the molecule is CC(C)[C@H](NC(=O)CCN1C(=O)C=CC1=O)C(=O)N[C@@H](CCCNC(N)=O)C(=O)Nc1ccc(COC(=O)N(C)CCOC(=O)Nc2ncnc3c2ncn3[C@@H]2O[C@@H]3COP(O)(=S)O[C@H]4[C@@H](F)[C@H](n5cnc6c(N)ncnc65)O[C@@H]4COP(=O)(S)O[C@H]3[C@H]2C)cc1. The average molecular weight is 1350 g/mol. The number of nitrogens with one attached hydrogen (secondary N) is 5. The van der Waals surface area contributed by atoms with E-state index in [1.54, 1.807) is 32.9 Å². The van der Waals surface area contributed by atoms with Gasteiger partial charge in [0, 0.05) is 50.3 Å². The topological polar surface area (TPSA) is 454 Å². The van der Waals surface area contributed by atoms with Crippen LogP contribution in [0.3, 0.4) is 0 Å². The molecule has 40 heteroatoms. The van der Waals surface area contributed by atoms with E-state index in [0.717, 1.165) is 34.6 Å². The molecule has 0 aliphatic carbocycles. The number of hydrogen-bond donors (Lipinski definition) is 9. The van der Waals surface area contributed by atoms with Crippen molar-refractivity contribution in [2.24, 2.45) is 17.6 Å². The minimum absolute atomic E-state index is 0.0377. The summed E-state index contributed by atoms with van der Waals surface area (Å²) in [6, 6.07) is 3.20. The van der Waals surface area contributed by atoms with Gasteiger partial charge >= 0.3 is 31.7 Å². The van der Waals surface area contributed by atoms with Crippen molar-refractivity contribution in [3.05, 3.63) is 67.3 Å². The first-order valence-electron chi connectivity index (χ1n) is 28.0. The summed E-state index contributed by atoms with van der Waals surface area (Å²) < 4.78 is 79.2. The van der Waals surface area contributed by atoms with Gasteiger partial charge in [0.1, 0.15) is 74.1 Å². The van der Waals surface area contributed by atoms with Crippen LogP contribution in [0, 0.1) is 11.8 Å². The third-order valence-corrected chi connectivity index (χ3v) is 17.8. The maximum absolute atomic E-state index is 16.4. The number of carbonyl (C=O) groups is 8. The lowest BCUT2D eigenvalue weighted by molar-refractivity contribution is -0.137. The molecule has 9 amide bonds. The predicted molar refractivity (Wildman–Crippen MR) is 321 cm³/mol. The van der Waals surface area contributed by atoms with Gasteiger partial charge in [0.05, 0.1) is 32.4 Å². The largest absolute Gasteiger partial charge is 0.447 e. The molecule has 4 aliphatic rings. The van der Waals surface area contributed by atoms with Gasteiger partial charge in [-0.15, -0.1) is 0 Å². The monoisotopic (exact) mass is 1350 g/mol. The maximum atomic E-state index is 16.4. The number of imide groups is 1. The van der Waals surface area contributed by atoms with E-state index in [4.69, 9.17) is 60.3 Å². The number of fused-ring (bicyclic) bond motifs is 4. The molecule has 490 valence electrons. The van der Waals surface area contributed by atoms with E-state index in [0.29, 0.717) is 11.3 Å². The van der Waals surface area contributed by atoms with E-state index in [2.05, 4.69) is 68.7 Å². The molecule has 0 saturated carbocycles. The molecule has 0 radical (unpaired) electrons. The second-order valence-electron chi connectivity index (χ2n) is 21.4. The van der Waals surface area contributed by atoms with E-state index < -0.39 is 141 Å². The molecule has 3 fully saturated rings. The predicted octanol–water partition coefficient (Wildman–Crippen LogP) is 2.23. The van der Waals surface area contributed by atoms with Crippen LogP contribution >= 0.6 is 25.8 Å². The van der Waals surface area contributed by atoms with Gasteiger partial charge in [-0.25, -0.2) is 53.2 Å². The summed E-state index contributed by atoms with van der Waals surface area (Å²) in [6.07, 6.45) is -4.37. The van der Waals surface area contributed by atoms with Gasteiger partial charge in [0.15, 0.2) is 40.8 Å². The number of rotatable bonds is 21. The van der Waals surface area contributed by atoms with Crippen LogP contribution in [0.4, 0.5) is 36.1 Å². The Labute approximate surface area is 526 Å². The standard InChI is InChI=1S/C51H64FN17O18P2S2/c1-25(2)36(64-32(70)13-15-67-33(71)11-12-34(67)72)46(74)63-29(6-5-14-55-49(54)75)45(73)62-28-9-7-27(8-10-28)18-81-51(77)66(4)16-17-80-50(76)65-42-38-44(59-22-57-42)68(24-61-38)47-26(3)39-30(84-47)19-82-89(79,91)87-40-31(20-83-88(78,90)86-39)85-48(35(40)52)69-23-60-37-41(53)56-21-58-43(37)69/h7-12,21-26,29-31,35-36,39-40,47-48H,5-6,13-20H2,1-4H3,(H,62,73)(H,63,74)(H,64,70)(H,78,90)(H,79,91)(H2,53,56,58)(H3,54,55,75)(H,57,59,65,76)/t26-,29+,30-,31-,35-,36+,39+,40-,47-,48-,88?,89?/m1/s1. The fourth-order valence-electron chi connectivity index (χ4n) is 9.93. The molecule has 0 bridgehead atoms. The number of alkyl halides is 1. The molecule has 4 aliphatic heterocycles. The fraction of sp³-hybridized carbons (Fsp3) is 0.490. The summed E-state index contributed by atoms with van der Waals surface area (Å²) in [5.41, 5.74) is 12.5. The molecular formula is C51H64FN17O18P2S2. The first kappa shape index (κ1) is 67.5. The number of imidazole rings is 2. The van der Waals surface area contributed by atoms with Crippen LogP contribution < -0.4 is 38.1 Å². The van der Waals surface area contributed by atoms with Gasteiger partial charge in [-0.1, -0.05) is 45.2 Å². The van der Waals surface area contributed by atoms with Gasteiger partial charge in [-0.3, -0.25) is 56.9 Å². The van der Waals surface area contributed by atoms with E-state index in [1.807, 2.05) is 0 Å². The third kappa shape index (κ3) is 16.6. The molecule has 8 heterocycles. The number of likely N-dealkylation sites (N-methyl/N-ethyl adjacent to an activating group) is 1. The third-order valence-electron chi connectivity index (χ3n) is 14.6. The normalized spacial score (nSPS) is 25.6. The Hall–Kier alpha value is -7.90. The number of thiol groups is 1. The zero-order chi connectivity index (χ0) is 65.5. The van der Waals surface area contributed by atoms with Gasteiger partial charge in [-0.05, 0) is 48.3 Å². The van der Waals surface area contributed by atoms with Crippen LogP contribution in [0.2, 0.25) is 0 Å². The summed E-state index contributed by atoms with van der Waals surface area (Å²) in [7, 11) is 1.41. The highest BCUT2D eigenvalue weighted by Gasteiger charge is 2.53.